The zero-order valence-corrected chi connectivity index (χ0v) is 17.1. The Morgan fingerprint density at radius 2 is 1.43 bits per heavy atom. The Labute approximate surface area is 150 Å². The molecule has 136 valence electrons. The van der Waals surface area contributed by atoms with Crippen molar-refractivity contribution in [2.24, 2.45) is 16.2 Å². The van der Waals surface area contributed by atoms with E-state index in [1.54, 1.807) is 0 Å². The average molecular weight is 468 g/mol. The maximum Gasteiger partial charge on any atom is 0.522 e. The molecule has 0 amide bonds. The largest absolute Gasteiger partial charge is 0.522 e. The third-order valence-corrected chi connectivity index (χ3v) is 5.50. The second-order valence-corrected chi connectivity index (χ2v) is 10.2. The third-order valence-electron chi connectivity index (χ3n) is 4.12. The van der Waals surface area contributed by atoms with Crippen molar-refractivity contribution in [1.29, 1.82) is 0 Å². The standard InChI is InChI=1S/C14H23I.CHF3O3S/c1-12(2,3)14(13(4,5)6)9-7-11(15)8-10-14;2-1(3,4)8(5,6)7/h7-9H,10H2,1-6H3;(H,5,6,7). The molecule has 0 spiro atoms. The topological polar surface area (TPSA) is 54.4 Å². The molecule has 0 saturated carbocycles. The van der Waals surface area contributed by atoms with Crippen LogP contribution < -0.4 is 0 Å². The van der Waals surface area contributed by atoms with Gasteiger partial charge in [-0.25, -0.2) is 0 Å². The van der Waals surface area contributed by atoms with Crippen LogP contribution in [0.25, 0.3) is 0 Å². The minimum Gasteiger partial charge on any atom is -0.279 e. The maximum atomic E-state index is 10.7. The molecule has 1 aliphatic rings. The first kappa shape index (κ1) is 22.9. The molecule has 3 nitrogen and oxygen atoms in total. The summed E-state index contributed by atoms with van der Waals surface area (Å²) >= 11 is 2.40. The molecule has 8 heteroatoms. The highest BCUT2D eigenvalue weighted by molar-refractivity contribution is 14.1. The van der Waals surface area contributed by atoms with Crippen LogP contribution in [-0.4, -0.2) is 18.5 Å². The lowest BCUT2D eigenvalue weighted by Gasteiger charge is -2.53. The van der Waals surface area contributed by atoms with Crippen LogP contribution in [0.5, 0.6) is 0 Å². The molecule has 1 aliphatic carbocycles. The molecule has 0 bridgehead atoms. The molecule has 0 saturated heterocycles. The lowest BCUT2D eigenvalue weighted by Crippen LogP contribution is -2.45. The van der Waals surface area contributed by atoms with Gasteiger partial charge in [0, 0.05) is 8.99 Å². The predicted molar refractivity (Wildman–Crippen MR) is 94.8 cm³/mol. The van der Waals surface area contributed by atoms with E-state index in [9.17, 15) is 13.2 Å². The van der Waals surface area contributed by atoms with Gasteiger partial charge in [0.2, 0.25) is 0 Å². The van der Waals surface area contributed by atoms with Crippen LogP contribution in [0, 0.1) is 16.2 Å². The normalized spacial score (nSPS) is 18.8. The first-order valence-electron chi connectivity index (χ1n) is 6.94. The quantitative estimate of drug-likeness (QED) is 0.280. The van der Waals surface area contributed by atoms with Gasteiger partial charge in [-0.15, -0.1) is 0 Å². The minimum absolute atomic E-state index is 0.272. The van der Waals surface area contributed by atoms with Gasteiger partial charge in [-0.2, -0.15) is 21.6 Å². The molecule has 0 aromatic rings. The van der Waals surface area contributed by atoms with E-state index in [0.29, 0.717) is 10.8 Å². The first-order valence-corrected chi connectivity index (χ1v) is 9.46. The summed E-state index contributed by atoms with van der Waals surface area (Å²) in [5.74, 6) is 0. The van der Waals surface area contributed by atoms with Crippen LogP contribution in [0.3, 0.4) is 0 Å². The van der Waals surface area contributed by atoms with Crippen LogP contribution in [0.2, 0.25) is 0 Å². The molecule has 0 aromatic carbocycles. The average Bonchev–Trinajstić information content (AvgIpc) is 2.24. The van der Waals surface area contributed by atoms with Gasteiger partial charge in [-0.1, -0.05) is 59.8 Å². The molecule has 0 fully saturated rings. The SMILES string of the molecule is CC(C)(C)C1(C(C)(C)C)C=CC(I)=CC1.O=S(=O)(O)C(F)(F)F. The van der Waals surface area contributed by atoms with E-state index in [2.05, 4.69) is 82.4 Å². The minimum atomic E-state index is -5.84. The summed E-state index contributed by atoms with van der Waals surface area (Å²) in [7, 11) is -5.84. The van der Waals surface area contributed by atoms with Gasteiger partial charge in [0.25, 0.3) is 0 Å². The Hall–Kier alpha value is -0.0900. The van der Waals surface area contributed by atoms with Crippen LogP contribution >= 0.6 is 22.6 Å². The molecule has 1 rings (SSSR count). The van der Waals surface area contributed by atoms with Crippen molar-refractivity contribution in [2.75, 3.05) is 0 Å². The lowest BCUT2D eigenvalue weighted by atomic mass is 9.52. The molecule has 0 unspecified atom stereocenters. The van der Waals surface area contributed by atoms with Crippen molar-refractivity contribution in [2.45, 2.75) is 53.5 Å². The number of rotatable bonds is 0. The monoisotopic (exact) mass is 468 g/mol. The van der Waals surface area contributed by atoms with Gasteiger partial charge in [0.1, 0.15) is 0 Å². The molecular weight excluding hydrogens is 444 g/mol. The molecule has 0 aromatic heterocycles. The van der Waals surface area contributed by atoms with Gasteiger partial charge in [-0.3, -0.25) is 4.55 Å². The van der Waals surface area contributed by atoms with Crippen molar-refractivity contribution >= 4 is 32.7 Å². The lowest BCUT2D eigenvalue weighted by molar-refractivity contribution is -0.0510. The van der Waals surface area contributed by atoms with E-state index in [1.807, 2.05) is 0 Å². The molecule has 23 heavy (non-hydrogen) atoms. The molecular formula is C15H24F3IO3S. The number of hydrogen-bond donors (Lipinski definition) is 1. The van der Waals surface area contributed by atoms with Crippen molar-refractivity contribution in [1.82, 2.24) is 0 Å². The second kappa shape index (κ2) is 7.03. The Balaban J connectivity index is 0.000000515. The molecule has 1 N–H and O–H groups in total. The summed E-state index contributed by atoms with van der Waals surface area (Å²) in [6.07, 6.45) is 8.25. The van der Waals surface area contributed by atoms with Crippen molar-refractivity contribution in [3.8, 4) is 0 Å². The fraction of sp³-hybridized carbons (Fsp3) is 0.733. The number of hydrogen-bond acceptors (Lipinski definition) is 2. The summed E-state index contributed by atoms with van der Waals surface area (Å²) < 4.78 is 58.9. The summed E-state index contributed by atoms with van der Waals surface area (Å²) in [6.45, 7) is 14.1. The Bertz CT molecular complexity index is 563. The van der Waals surface area contributed by atoms with E-state index < -0.39 is 15.6 Å². The summed E-state index contributed by atoms with van der Waals surface area (Å²) in [5.41, 5.74) is -4.66. The van der Waals surface area contributed by atoms with Crippen LogP contribution in [0.4, 0.5) is 13.2 Å². The number of halogens is 4. The Morgan fingerprint density at radius 3 is 1.61 bits per heavy atom. The fourth-order valence-electron chi connectivity index (χ4n) is 2.85. The smallest absolute Gasteiger partial charge is 0.279 e. The van der Waals surface area contributed by atoms with Crippen LogP contribution in [-0.2, 0) is 10.1 Å². The summed E-state index contributed by atoms with van der Waals surface area (Å²) in [6, 6.07) is 0. The van der Waals surface area contributed by atoms with Gasteiger partial charge in [-0.05, 0) is 39.8 Å². The van der Waals surface area contributed by atoms with Crippen molar-refractivity contribution in [3.63, 3.8) is 0 Å². The van der Waals surface area contributed by atoms with E-state index in [-0.39, 0.29) is 5.41 Å². The zero-order valence-electron chi connectivity index (χ0n) is 14.1. The van der Waals surface area contributed by atoms with Crippen LogP contribution in [0.15, 0.2) is 21.8 Å². The molecule has 0 atom stereocenters. The van der Waals surface area contributed by atoms with Gasteiger partial charge >= 0.3 is 15.6 Å². The zero-order chi connectivity index (χ0) is 18.9. The van der Waals surface area contributed by atoms with Gasteiger partial charge in [0.15, 0.2) is 0 Å². The highest BCUT2D eigenvalue weighted by Crippen LogP contribution is 2.56. The second-order valence-electron chi connectivity index (χ2n) is 7.52. The van der Waals surface area contributed by atoms with E-state index in [4.69, 9.17) is 13.0 Å². The van der Waals surface area contributed by atoms with E-state index >= 15 is 0 Å². The number of alkyl halides is 3. The van der Waals surface area contributed by atoms with Crippen molar-refractivity contribution < 1.29 is 26.1 Å². The first-order chi connectivity index (χ1) is 9.85. The van der Waals surface area contributed by atoms with Gasteiger partial charge < -0.3 is 0 Å². The predicted octanol–water partition coefficient (Wildman–Crippen LogP) is 5.74. The van der Waals surface area contributed by atoms with E-state index in [1.165, 1.54) is 3.58 Å². The molecule has 0 aliphatic heterocycles. The van der Waals surface area contributed by atoms with Gasteiger partial charge in [0.05, 0.1) is 0 Å². The Morgan fingerprint density at radius 1 is 1.09 bits per heavy atom. The van der Waals surface area contributed by atoms with Crippen molar-refractivity contribution in [3.05, 3.63) is 21.8 Å². The highest BCUT2D eigenvalue weighted by atomic mass is 127. The molecule has 0 heterocycles. The number of allylic oxidation sites excluding steroid dienone is 4. The summed E-state index contributed by atoms with van der Waals surface area (Å²) in [5, 5.41) is 0. The van der Waals surface area contributed by atoms with E-state index in [0.717, 1.165) is 6.42 Å². The van der Waals surface area contributed by atoms with Crippen LogP contribution in [0.1, 0.15) is 48.0 Å². The molecule has 0 radical (unpaired) electrons. The fourth-order valence-corrected chi connectivity index (χ4v) is 3.25. The highest BCUT2D eigenvalue weighted by Gasteiger charge is 2.48. The summed E-state index contributed by atoms with van der Waals surface area (Å²) in [4.78, 5) is 0. The maximum absolute atomic E-state index is 10.7. The third kappa shape index (κ3) is 5.74. The Kier molecular flexibility index (Phi) is 7.00.